The monoisotopic (exact) mass is 346 g/mol. The molecule has 0 saturated carbocycles. The Morgan fingerprint density at radius 2 is 1.50 bits per heavy atom. The van der Waals surface area contributed by atoms with Crippen molar-refractivity contribution in [2.45, 2.75) is 39.9 Å². The van der Waals surface area contributed by atoms with Crippen LogP contribution in [0.3, 0.4) is 0 Å². The molecule has 26 heavy (non-hydrogen) atoms. The third kappa shape index (κ3) is 4.82. The molecule has 0 aliphatic heterocycles. The number of aromatic nitrogens is 2. The first-order valence-corrected chi connectivity index (χ1v) is 9.06. The minimum absolute atomic E-state index is 0.339. The van der Waals surface area contributed by atoms with Crippen LogP contribution in [0.5, 0.6) is 0 Å². The molecule has 4 heteroatoms. The van der Waals surface area contributed by atoms with Crippen molar-refractivity contribution < 1.29 is 0 Å². The molecule has 1 heterocycles. The smallest absolute Gasteiger partial charge is 0.225 e. The molecule has 0 bridgehead atoms. The fraction of sp³-hybridized carbons (Fsp3) is 0.273. The van der Waals surface area contributed by atoms with Gasteiger partial charge in [-0.2, -0.15) is 4.98 Å². The van der Waals surface area contributed by atoms with E-state index in [-0.39, 0.29) is 0 Å². The van der Waals surface area contributed by atoms with Crippen molar-refractivity contribution in [3.63, 3.8) is 0 Å². The summed E-state index contributed by atoms with van der Waals surface area (Å²) in [5, 5.41) is 3.35. The zero-order chi connectivity index (χ0) is 18.4. The molecule has 3 aromatic rings. The van der Waals surface area contributed by atoms with Gasteiger partial charge in [-0.15, -0.1) is 0 Å². The lowest BCUT2D eigenvalue weighted by Gasteiger charge is -2.28. The molecule has 0 saturated heterocycles. The second-order valence-corrected chi connectivity index (χ2v) is 6.74. The topological polar surface area (TPSA) is 41.1 Å². The van der Waals surface area contributed by atoms with Gasteiger partial charge in [0, 0.05) is 30.9 Å². The number of nitrogens with one attached hydrogen (secondary N) is 1. The van der Waals surface area contributed by atoms with Gasteiger partial charge in [0.2, 0.25) is 5.95 Å². The molecule has 0 spiro atoms. The Balaban J connectivity index is 1.80. The van der Waals surface area contributed by atoms with E-state index >= 15 is 0 Å². The average Bonchev–Trinajstić information content (AvgIpc) is 2.65. The fourth-order valence-electron chi connectivity index (χ4n) is 2.86. The SMILES string of the molecule is Cc1cc(N(Cc2ccccc2)C(C)C)nc(NCc2ccccc2)n1. The first kappa shape index (κ1) is 17.9. The van der Waals surface area contributed by atoms with Gasteiger partial charge in [-0.05, 0) is 31.9 Å². The quantitative estimate of drug-likeness (QED) is 0.666. The van der Waals surface area contributed by atoms with Crippen LogP contribution in [0.2, 0.25) is 0 Å². The molecule has 0 fully saturated rings. The Labute approximate surface area is 155 Å². The Bertz CT molecular complexity index is 816. The first-order chi connectivity index (χ1) is 12.6. The van der Waals surface area contributed by atoms with E-state index in [0.717, 1.165) is 18.1 Å². The molecule has 0 unspecified atom stereocenters. The highest BCUT2D eigenvalue weighted by Gasteiger charge is 2.14. The normalized spacial score (nSPS) is 10.8. The van der Waals surface area contributed by atoms with Gasteiger partial charge in [-0.1, -0.05) is 60.7 Å². The third-order valence-electron chi connectivity index (χ3n) is 4.25. The number of benzene rings is 2. The van der Waals surface area contributed by atoms with Crippen LogP contribution in [0.4, 0.5) is 11.8 Å². The van der Waals surface area contributed by atoms with Crippen LogP contribution in [0.25, 0.3) is 0 Å². The summed E-state index contributed by atoms with van der Waals surface area (Å²) in [5.41, 5.74) is 3.45. The number of hydrogen-bond donors (Lipinski definition) is 1. The molecule has 0 aliphatic rings. The van der Waals surface area contributed by atoms with Crippen LogP contribution >= 0.6 is 0 Å². The Morgan fingerprint density at radius 1 is 0.885 bits per heavy atom. The van der Waals surface area contributed by atoms with Gasteiger partial charge in [0.05, 0.1) is 0 Å². The minimum atomic E-state index is 0.339. The van der Waals surface area contributed by atoms with E-state index in [1.165, 1.54) is 11.1 Å². The lowest BCUT2D eigenvalue weighted by atomic mass is 10.2. The lowest BCUT2D eigenvalue weighted by molar-refractivity contribution is 0.671. The molecule has 0 amide bonds. The predicted molar refractivity (Wildman–Crippen MR) is 108 cm³/mol. The Kier molecular flexibility index (Phi) is 5.84. The van der Waals surface area contributed by atoms with Gasteiger partial charge in [0.15, 0.2) is 0 Å². The summed E-state index contributed by atoms with van der Waals surface area (Å²) < 4.78 is 0. The summed E-state index contributed by atoms with van der Waals surface area (Å²) >= 11 is 0. The highest BCUT2D eigenvalue weighted by atomic mass is 15.2. The first-order valence-electron chi connectivity index (χ1n) is 9.06. The standard InChI is InChI=1S/C22H26N4/c1-17(2)26(16-20-12-8-5-9-13-20)21-14-18(3)24-22(25-21)23-15-19-10-6-4-7-11-19/h4-14,17H,15-16H2,1-3H3,(H,23,24,25). The molecular formula is C22H26N4. The maximum absolute atomic E-state index is 4.77. The van der Waals surface area contributed by atoms with Gasteiger partial charge in [-0.3, -0.25) is 0 Å². The second-order valence-electron chi connectivity index (χ2n) is 6.74. The molecule has 1 N–H and O–H groups in total. The molecular weight excluding hydrogens is 320 g/mol. The zero-order valence-electron chi connectivity index (χ0n) is 15.7. The number of hydrogen-bond acceptors (Lipinski definition) is 4. The van der Waals surface area contributed by atoms with Crippen LogP contribution in [0.15, 0.2) is 66.7 Å². The number of aryl methyl sites for hydroxylation is 1. The van der Waals surface area contributed by atoms with Crippen LogP contribution in [-0.4, -0.2) is 16.0 Å². The van der Waals surface area contributed by atoms with Crippen LogP contribution in [0.1, 0.15) is 30.7 Å². The molecule has 0 atom stereocenters. The minimum Gasteiger partial charge on any atom is -0.350 e. The van der Waals surface area contributed by atoms with Crippen molar-refractivity contribution in [3.8, 4) is 0 Å². The van der Waals surface area contributed by atoms with E-state index in [2.05, 4.69) is 71.5 Å². The molecule has 0 radical (unpaired) electrons. The average molecular weight is 346 g/mol. The van der Waals surface area contributed by atoms with Gasteiger partial charge in [0.25, 0.3) is 0 Å². The highest BCUT2D eigenvalue weighted by Crippen LogP contribution is 2.20. The van der Waals surface area contributed by atoms with E-state index in [1.807, 2.05) is 31.2 Å². The summed E-state index contributed by atoms with van der Waals surface area (Å²) in [6, 6.07) is 23.2. The zero-order valence-corrected chi connectivity index (χ0v) is 15.7. The summed E-state index contributed by atoms with van der Waals surface area (Å²) in [7, 11) is 0. The Morgan fingerprint density at radius 3 is 2.12 bits per heavy atom. The molecule has 2 aromatic carbocycles. The summed E-state index contributed by atoms with van der Waals surface area (Å²) in [4.78, 5) is 11.6. The van der Waals surface area contributed by atoms with E-state index < -0.39 is 0 Å². The van der Waals surface area contributed by atoms with E-state index in [4.69, 9.17) is 4.98 Å². The third-order valence-corrected chi connectivity index (χ3v) is 4.25. The van der Waals surface area contributed by atoms with Crippen molar-refractivity contribution in [1.29, 1.82) is 0 Å². The van der Waals surface area contributed by atoms with Crippen molar-refractivity contribution in [3.05, 3.63) is 83.6 Å². The predicted octanol–water partition coefficient (Wildman–Crippen LogP) is 4.81. The van der Waals surface area contributed by atoms with Gasteiger partial charge in [-0.25, -0.2) is 4.98 Å². The molecule has 1 aromatic heterocycles. The molecule has 0 aliphatic carbocycles. The van der Waals surface area contributed by atoms with Crippen LogP contribution < -0.4 is 10.2 Å². The molecule has 134 valence electrons. The van der Waals surface area contributed by atoms with E-state index in [1.54, 1.807) is 0 Å². The molecule has 4 nitrogen and oxygen atoms in total. The molecule has 3 rings (SSSR count). The number of rotatable bonds is 7. The Hall–Kier alpha value is -2.88. The second kappa shape index (κ2) is 8.48. The van der Waals surface area contributed by atoms with Crippen molar-refractivity contribution in [2.75, 3.05) is 10.2 Å². The maximum atomic E-state index is 4.77. The van der Waals surface area contributed by atoms with Gasteiger partial charge < -0.3 is 10.2 Å². The van der Waals surface area contributed by atoms with Crippen molar-refractivity contribution in [1.82, 2.24) is 9.97 Å². The summed E-state index contributed by atoms with van der Waals surface area (Å²) in [6.07, 6.45) is 0. The van der Waals surface area contributed by atoms with Crippen LogP contribution in [0, 0.1) is 6.92 Å². The maximum Gasteiger partial charge on any atom is 0.225 e. The number of anilines is 2. The lowest BCUT2D eigenvalue weighted by Crippen LogP contribution is -2.31. The van der Waals surface area contributed by atoms with Crippen LogP contribution in [-0.2, 0) is 13.1 Å². The van der Waals surface area contributed by atoms with E-state index in [9.17, 15) is 0 Å². The summed E-state index contributed by atoms with van der Waals surface area (Å²) in [5.74, 6) is 1.62. The van der Waals surface area contributed by atoms with Gasteiger partial charge >= 0.3 is 0 Å². The fourth-order valence-corrected chi connectivity index (χ4v) is 2.86. The van der Waals surface area contributed by atoms with Crippen molar-refractivity contribution in [2.24, 2.45) is 0 Å². The van der Waals surface area contributed by atoms with Crippen molar-refractivity contribution >= 4 is 11.8 Å². The number of nitrogens with zero attached hydrogens (tertiary/aromatic N) is 3. The largest absolute Gasteiger partial charge is 0.350 e. The van der Waals surface area contributed by atoms with Gasteiger partial charge in [0.1, 0.15) is 5.82 Å². The summed E-state index contributed by atoms with van der Waals surface area (Å²) in [6.45, 7) is 7.94. The highest BCUT2D eigenvalue weighted by molar-refractivity contribution is 5.46. The van der Waals surface area contributed by atoms with E-state index in [0.29, 0.717) is 18.5 Å².